The third-order valence-electron chi connectivity index (χ3n) is 4.67. The Morgan fingerprint density at radius 1 is 1.00 bits per heavy atom. The van der Waals surface area contributed by atoms with Crippen molar-refractivity contribution in [1.82, 2.24) is 5.32 Å². The quantitative estimate of drug-likeness (QED) is 0.602. The van der Waals surface area contributed by atoms with Gasteiger partial charge in [0.15, 0.2) is 5.11 Å². The van der Waals surface area contributed by atoms with Gasteiger partial charge in [0.1, 0.15) is 0 Å². The lowest BCUT2D eigenvalue weighted by atomic mass is 10.0. The molecular weight excluding hydrogens is 394 g/mol. The fraction of sp³-hybridized carbons (Fsp3) is 0.286. The van der Waals surface area contributed by atoms with E-state index in [0.717, 1.165) is 12.8 Å². The first-order chi connectivity index (χ1) is 13.5. The van der Waals surface area contributed by atoms with E-state index in [2.05, 4.69) is 16.0 Å². The molecule has 0 radical (unpaired) electrons. The predicted octanol–water partition coefficient (Wildman–Crippen LogP) is 4.99. The summed E-state index contributed by atoms with van der Waals surface area (Å²) < 4.78 is 0. The largest absolute Gasteiger partial charge is 0.332 e. The highest BCUT2D eigenvalue weighted by Gasteiger charge is 2.19. The molecule has 2 aromatic carbocycles. The van der Waals surface area contributed by atoms with Gasteiger partial charge in [-0.2, -0.15) is 0 Å². The number of benzene rings is 2. The average Bonchev–Trinajstić information content (AvgIpc) is 3.14. The Labute approximate surface area is 174 Å². The zero-order chi connectivity index (χ0) is 19.9. The van der Waals surface area contributed by atoms with Crippen molar-refractivity contribution < 1.29 is 9.59 Å². The maximum atomic E-state index is 12.4. The van der Waals surface area contributed by atoms with Crippen molar-refractivity contribution in [1.29, 1.82) is 0 Å². The van der Waals surface area contributed by atoms with Gasteiger partial charge in [0.05, 0.1) is 0 Å². The molecule has 5 nitrogen and oxygen atoms in total. The summed E-state index contributed by atoms with van der Waals surface area (Å²) in [6.45, 7) is 0. The molecule has 0 saturated heterocycles. The molecule has 1 saturated carbocycles. The van der Waals surface area contributed by atoms with Crippen molar-refractivity contribution in [2.45, 2.75) is 32.1 Å². The Bertz CT molecular complexity index is 881. The van der Waals surface area contributed by atoms with E-state index in [1.165, 1.54) is 12.8 Å². The second-order valence-corrected chi connectivity index (χ2v) is 7.75. The van der Waals surface area contributed by atoms with Gasteiger partial charge in [-0.25, -0.2) is 0 Å². The Balaban J connectivity index is 1.55. The lowest BCUT2D eigenvalue weighted by Gasteiger charge is -2.13. The minimum absolute atomic E-state index is 0.0701. The molecule has 3 N–H and O–H groups in total. The molecule has 0 atom stereocenters. The van der Waals surface area contributed by atoms with E-state index >= 15 is 0 Å². The standard InChI is InChI=1S/C21H22ClN3O2S/c22-16-8-4-10-18(13-16)23-20(27)15-7-3-9-17(12-15)24-21(28)25-19(26)11-14-5-1-2-6-14/h3-4,7-10,12-14H,1-2,5-6,11H2,(H,23,27)(H2,24,25,26,28). The zero-order valence-electron chi connectivity index (χ0n) is 15.3. The summed E-state index contributed by atoms with van der Waals surface area (Å²) in [5, 5.41) is 9.26. The zero-order valence-corrected chi connectivity index (χ0v) is 16.9. The number of halogens is 1. The van der Waals surface area contributed by atoms with E-state index < -0.39 is 0 Å². The van der Waals surface area contributed by atoms with Crippen LogP contribution in [0.4, 0.5) is 11.4 Å². The van der Waals surface area contributed by atoms with E-state index in [1.807, 2.05) is 0 Å². The first-order valence-electron chi connectivity index (χ1n) is 9.27. The van der Waals surface area contributed by atoms with Gasteiger partial charge in [0.25, 0.3) is 5.91 Å². The Morgan fingerprint density at radius 2 is 1.68 bits per heavy atom. The number of rotatable bonds is 5. The average molecular weight is 416 g/mol. The van der Waals surface area contributed by atoms with Crippen LogP contribution in [0.3, 0.4) is 0 Å². The second-order valence-electron chi connectivity index (χ2n) is 6.90. The number of thiocarbonyl (C=S) groups is 1. The molecule has 0 spiro atoms. The highest BCUT2D eigenvalue weighted by molar-refractivity contribution is 7.80. The SMILES string of the molecule is O=C(CC1CCCC1)NC(=S)Nc1cccc(C(=O)Nc2cccc(Cl)c2)c1. The summed E-state index contributed by atoms with van der Waals surface area (Å²) in [6, 6.07) is 13.9. The molecule has 3 rings (SSSR count). The van der Waals surface area contributed by atoms with Gasteiger partial charge in [-0.15, -0.1) is 0 Å². The van der Waals surface area contributed by atoms with Crippen LogP contribution >= 0.6 is 23.8 Å². The molecule has 146 valence electrons. The molecule has 0 aromatic heterocycles. The molecular formula is C21H22ClN3O2S. The van der Waals surface area contributed by atoms with E-state index in [1.54, 1.807) is 48.5 Å². The van der Waals surface area contributed by atoms with Crippen molar-refractivity contribution in [3.8, 4) is 0 Å². The van der Waals surface area contributed by atoms with Crippen molar-refractivity contribution in [2.24, 2.45) is 5.92 Å². The van der Waals surface area contributed by atoms with Crippen LogP contribution in [-0.4, -0.2) is 16.9 Å². The summed E-state index contributed by atoms with van der Waals surface area (Å²) in [5.74, 6) is 0.127. The lowest BCUT2D eigenvalue weighted by Crippen LogP contribution is -2.34. The van der Waals surface area contributed by atoms with E-state index in [9.17, 15) is 9.59 Å². The molecule has 28 heavy (non-hydrogen) atoms. The van der Waals surface area contributed by atoms with Crippen LogP contribution in [0, 0.1) is 5.92 Å². The number of hydrogen-bond donors (Lipinski definition) is 3. The first kappa shape index (κ1) is 20.3. The van der Waals surface area contributed by atoms with Gasteiger partial charge in [0.2, 0.25) is 5.91 Å². The molecule has 1 fully saturated rings. The fourth-order valence-corrected chi connectivity index (χ4v) is 3.75. The smallest absolute Gasteiger partial charge is 0.255 e. The van der Waals surface area contributed by atoms with E-state index in [0.29, 0.717) is 34.3 Å². The third-order valence-corrected chi connectivity index (χ3v) is 5.11. The van der Waals surface area contributed by atoms with Crippen LogP contribution in [0.2, 0.25) is 5.02 Å². The number of nitrogens with one attached hydrogen (secondary N) is 3. The molecule has 2 amide bonds. The predicted molar refractivity (Wildman–Crippen MR) is 117 cm³/mol. The van der Waals surface area contributed by atoms with Crippen LogP contribution in [0.25, 0.3) is 0 Å². The molecule has 0 aliphatic heterocycles. The van der Waals surface area contributed by atoms with Crippen LogP contribution < -0.4 is 16.0 Å². The lowest BCUT2D eigenvalue weighted by molar-refractivity contribution is -0.120. The van der Waals surface area contributed by atoms with Crippen molar-refractivity contribution in [2.75, 3.05) is 10.6 Å². The highest BCUT2D eigenvalue weighted by atomic mass is 35.5. The van der Waals surface area contributed by atoms with Gasteiger partial charge in [0, 0.05) is 28.4 Å². The van der Waals surface area contributed by atoms with Crippen LogP contribution in [0.1, 0.15) is 42.5 Å². The normalized spacial score (nSPS) is 13.8. The highest BCUT2D eigenvalue weighted by Crippen LogP contribution is 2.27. The van der Waals surface area contributed by atoms with Gasteiger partial charge in [-0.1, -0.05) is 36.6 Å². The summed E-state index contributed by atoms with van der Waals surface area (Å²) in [6.07, 6.45) is 5.12. The maximum absolute atomic E-state index is 12.4. The fourth-order valence-electron chi connectivity index (χ4n) is 3.32. The van der Waals surface area contributed by atoms with Crippen molar-refractivity contribution in [3.05, 3.63) is 59.1 Å². The van der Waals surface area contributed by atoms with Crippen LogP contribution in [-0.2, 0) is 4.79 Å². The summed E-state index contributed by atoms with van der Waals surface area (Å²) in [7, 11) is 0. The summed E-state index contributed by atoms with van der Waals surface area (Å²) >= 11 is 11.2. The number of anilines is 2. The van der Waals surface area contributed by atoms with Crippen LogP contribution in [0.15, 0.2) is 48.5 Å². The molecule has 1 aliphatic rings. The van der Waals surface area contributed by atoms with Gasteiger partial charge >= 0.3 is 0 Å². The van der Waals surface area contributed by atoms with Gasteiger partial charge in [-0.3, -0.25) is 9.59 Å². The number of carbonyl (C=O) groups excluding carboxylic acids is 2. The van der Waals surface area contributed by atoms with Gasteiger partial charge < -0.3 is 16.0 Å². The Morgan fingerprint density at radius 3 is 2.39 bits per heavy atom. The molecule has 7 heteroatoms. The van der Waals surface area contributed by atoms with Gasteiger partial charge in [-0.05, 0) is 67.4 Å². The van der Waals surface area contributed by atoms with Crippen molar-refractivity contribution in [3.63, 3.8) is 0 Å². The maximum Gasteiger partial charge on any atom is 0.255 e. The number of carbonyl (C=O) groups is 2. The Hall–Kier alpha value is -2.44. The first-order valence-corrected chi connectivity index (χ1v) is 10.1. The minimum atomic E-state index is -0.262. The Kier molecular flexibility index (Phi) is 7.01. The van der Waals surface area contributed by atoms with E-state index in [-0.39, 0.29) is 16.9 Å². The van der Waals surface area contributed by atoms with E-state index in [4.69, 9.17) is 23.8 Å². The van der Waals surface area contributed by atoms with Crippen molar-refractivity contribution >= 4 is 52.1 Å². The molecule has 0 unspecified atom stereocenters. The number of hydrogen-bond acceptors (Lipinski definition) is 3. The molecule has 2 aromatic rings. The minimum Gasteiger partial charge on any atom is -0.332 e. The van der Waals surface area contributed by atoms with Crippen LogP contribution in [0.5, 0.6) is 0 Å². The topological polar surface area (TPSA) is 70.2 Å². The number of amides is 2. The monoisotopic (exact) mass is 415 g/mol. The molecule has 0 bridgehead atoms. The summed E-state index contributed by atoms with van der Waals surface area (Å²) in [5.41, 5.74) is 1.71. The second kappa shape index (κ2) is 9.66. The molecule has 0 heterocycles. The molecule has 1 aliphatic carbocycles. The third kappa shape index (κ3) is 6.04. The summed E-state index contributed by atoms with van der Waals surface area (Å²) in [4.78, 5) is 24.5.